The zero-order valence-corrected chi connectivity index (χ0v) is 18.9. The molecule has 0 unspecified atom stereocenters. The Kier molecular flexibility index (Phi) is 7.18. The van der Waals surface area contributed by atoms with Gasteiger partial charge in [-0.25, -0.2) is 9.18 Å². The summed E-state index contributed by atoms with van der Waals surface area (Å²) in [6.07, 6.45) is 0.277. The van der Waals surface area contributed by atoms with Gasteiger partial charge < -0.3 is 20.4 Å². The Labute approximate surface area is 187 Å². The lowest BCUT2D eigenvalue weighted by Crippen LogP contribution is -2.34. The number of aromatic nitrogens is 1. The fourth-order valence-corrected chi connectivity index (χ4v) is 3.27. The Morgan fingerprint density at radius 2 is 1.72 bits per heavy atom. The lowest BCUT2D eigenvalue weighted by atomic mass is 10.0. The number of nitrogens with one attached hydrogen (secondary N) is 3. The van der Waals surface area contributed by atoms with Crippen LogP contribution in [0.2, 0.25) is 0 Å². The molecular weight excluding hydrogens is 409 g/mol. The van der Waals surface area contributed by atoms with E-state index in [9.17, 15) is 14.0 Å². The highest BCUT2D eigenvalue weighted by atomic mass is 19.1. The van der Waals surface area contributed by atoms with Gasteiger partial charge in [0.05, 0.1) is 0 Å². The number of fused-ring (bicyclic) bond motifs is 1. The van der Waals surface area contributed by atoms with Crippen molar-refractivity contribution in [1.29, 1.82) is 0 Å². The van der Waals surface area contributed by atoms with Crippen molar-refractivity contribution < 1.29 is 18.7 Å². The molecule has 170 valence electrons. The highest BCUT2D eigenvalue weighted by Gasteiger charge is 2.16. The first kappa shape index (κ1) is 23.3. The van der Waals surface area contributed by atoms with E-state index in [2.05, 4.69) is 15.6 Å². The topological polar surface area (TPSA) is 83.2 Å². The molecule has 0 radical (unpaired) electrons. The quantitative estimate of drug-likeness (QED) is 0.470. The van der Waals surface area contributed by atoms with Gasteiger partial charge in [0.2, 0.25) is 0 Å². The second-order valence-electron chi connectivity index (χ2n) is 9.02. The Morgan fingerprint density at radius 1 is 1.03 bits per heavy atom. The minimum absolute atomic E-state index is 0.184. The molecule has 0 spiro atoms. The van der Waals surface area contributed by atoms with Crippen molar-refractivity contribution in [2.45, 2.75) is 39.7 Å². The zero-order valence-electron chi connectivity index (χ0n) is 18.9. The van der Waals surface area contributed by atoms with Crippen molar-refractivity contribution in [2.75, 3.05) is 13.1 Å². The molecule has 0 aliphatic rings. The fraction of sp³-hybridized carbons (Fsp3) is 0.360. The minimum Gasteiger partial charge on any atom is -0.444 e. The van der Waals surface area contributed by atoms with E-state index in [-0.39, 0.29) is 17.6 Å². The van der Waals surface area contributed by atoms with Crippen LogP contribution >= 0.6 is 0 Å². The number of ether oxygens (including phenoxy) is 1. The van der Waals surface area contributed by atoms with E-state index in [1.54, 1.807) is 12.1 Å². The number of H-pyrrole nitrogens is 1. The van der Waals surface area contributed by atoms with Crippen LogP contribution in [0.5, 0.6) is 0 Å². The molecule has 2 amide bonds. The molecule has 32 heavy (non-hydrogen) atoms. The van der Waals surface area contributed by atoms with E-state index < -0.39 is 11.7 Å². The van der Waals surface area contributed by atoms with Crippen molar-refractivity contribution in [3.05, 3.63) is 60.0 Å². The van der Waals surface area contributed by atoms with Crippen molar-refractivity contribution >= 4 is 22.9 Å². The molecule has 0 aliphatic heterocycles. The zero-order chi connectivity index (χ0) is 23.3. The van der Waals surface area contributed by atoms with Crippen LogP contribution in [-0.4, -0.2) is 35.7 Å². The smallest absolute Gasteiger partial charge is 0.407 e. The van der Waals surface area contributed by atoms with Crippen molar-refractivity contribution in [3.8, 4) is 11.1 Å². The summed E-state index contributed by atoms with van der Waals surface area (Å²) in [6, 6.07) is 14.0. The van der Waals surface area contributed by atoms with Gasteiger partial charge in [-0.3, -0.25) is 4.79 Å². The third-order valence-corrected chi connectivity index (χ3v) is 4.96. The number of carbonyl (C=O) groups excluding carboxylic acids is 2. The summed E-state index contributed by atoms with van der Waals surface area (Å²) in [5.41, 5.74) is 2.64. The third kappa shape index (κ3) is 6.57. The summed E-state index contributed by atoms with van der Waals surface area (Å²) in [4.78, 5) is 27.4. The van der Waals surface area contributed by atoms with E-state index in [1.807, 2.05) is 52.0 Å². The van der Waals surface area contributed by atoms with Gasteiger partial charge in [-0.15, -0.1) is 0 Å². The predicted octanol–water partition coefficient (Wildman–Crippen LogP) is 5.25. The molecule has 3 aromatic rings. The molecule has 3 N–H and O–H groups in total. The van der Waals surface area contributed by atoms with Crippen LogP contribution < -0.4 is 10.6 Å². The molecular formula is C25H30FN3O3. The maximum absolute atomic E-state index is 13.2. The molecule has 1 atom stereocenters. The SMILES string of the molecule is C[C@@H](CCNC(=O)OC(C)(C)C)CNC(=O)c1cc2ccc(-c3ccc(F)cc3)cc2[nH]1. The van der Waals surface area contributed by atoms with E-state index in [0.29, 0.717) is 25.2 Å². The minimum atomic E-state index is -0.525. The summed E-state index contributed by atoms with van der Waals surface area (Å²) in [7, 11) is 0. The van der Waals surface area contributed by atoms with Crippen molar-refractivity contribution in [3.63, 3.8) is 0 Å². The molecule has 6 nitrogen and oxygen atoms in total. The lowest BCUT2D eigenvalue weighted by molar-refractivity contribution is 0.0524. The fourth-order valence-electron chi connectivity index (χ4n) is 3.27. The number of rotatable bonds is 7. The first-order chi connectivity index (χ1) is 15.1. The number of alkyl carbamates (subject to hydrolysis) is 1. The molecule has 0 saturated heterocycles. The van der Waals surface area contributed by atoms with Gasteiger partial charge in [-0.05, 0) is 68.5 Å². The molecule has 1 heterocycles. The van der Waals surface area contributed by atoms with Gasteiger partial charge in [0, 0.05) is 24.0 Å². The molecule has 7 heteroatoms. The second-order valence-corrected chi connectivity index (χ2v) is 9.02. The monoisotopic (exact) mass is 439 g/mol. The van der Waals surface area contributed by atoms with Gasteiger partial charge in [-0.2, -0.15) is 0 Å². The van der Waals surface area contributed by atoms with Gasteiger partial charge >= 0.3 is 6.09 Å². The first-order valence-corrected chi connectivity index (χ1v) is 10.7. The van der Waals surface area contributed by atoms with Crippen LogP contribution in [0.15, 0.2) is 48.5 Å². The predicted molar refractivity (Wildman–Crippen MR) is 124 cm³/mol. The van der Waals surface area contributed by atoms with Crippen LogP contribution in [0.3, 0.4) is 0 Å². The van der Waals surface area contributed by atoms with Gasteiger partial charge in [0.1, 0.15) is 17.1 Å². The molecule has 0 saturated carbocycles. The van der Waals surface area contributed by atoms with E-state index in [1.165, 1.54) is 12.1 Å². The Bertz CT molecular complexity index is 1080. The number of aromatic amines is 1. The van der Waals surface area contributed by atoms with Crippen LogP contribution in [0, 0.1) is 11.7 Å². The average molecular weight is 440 g/mol. The summed E-state index contributed by atoms with van der Waals surface area (Å²) >= 11 is 0. The molecule has 2 aromatic carbocycles. The Hall–Kier alpha value is -3.35. The summed E-state index contributed by atoms with van der Waals surface area (Å²) in [5.74, 6) is -0.275. The van der Waals surface area contributed by atoms with Gasteiger partial charge in [-0.1, -0.05) is 31.2 Å². The molecule has 0 aliphatic carbocycles. The van der Waals surface area contributed by atoms with Gasteiger partial charge in [0.15, 0.2) is 0 Å². The number of hydrogen-bond acceptors (Lipinski definition) is 3. The molecule has 3 rings (SSSR count). The molecule has 1 aromatic heterocycles. The number of benzene rings is 2. The third-order valence-electron chi connectivity index (χ3n) is 4.96. The molecule has 0 bridgehead atoms. The summed E-state index contributed by atoms with van der Waals surface area (Å²) < 4.78 is 18.4. The first-order valence-electron chi connectivity index (χ1n) is 10.7. The molecule has 0 fully saturated rings. The summed E-state index contributed by atoms with van der Waals surface area (Å²) in [5, 5.41) is 6.59. The standard InChI is InChI=1S/C25H30FN3O3/c1-16(11-12-27-24(31)32-25(2,3)4)15-28-23(30)22-14-19-6-5-18(13-21(19)29-22)17-7-9-20(26)10-8-17/h5-10,13-14,16,29H,11-12,15H2,1-4H3,(H,27,31)(H,28,30)/t16-/m0/s1. The lowest BCUT2D eigenvalue weighted by Gasteiger charge is -2.20. The van der Waals surface area contributed by atoms with Crippen LogP contribution in [-0.2, 0) is 4.74 Å². The van der Waals surface area contributed by atoms with Crippen molar-refractivity contribution in [2.24, 2.45) is 5.92 Å². The number of amides is 2. The summed E-state index contributed by atoms with van der Waals surface area (Å²) in [6.45, 7) is 8.43. The number of halogens is 1. The van der Waals surface area contributed by atoms with E-state index in [0.717, 1.165) is 22.0 Å². The average Bonchev–Trinajstić information content (AvgIpc) is 3.14. The maximum Gasteiger partial charge on any atom is 0.407 e. The van der Waals surface area contributed by atoms with E-state index >= 15 is 0 Å². The van der Waals surface area contributed by atoms with E-state index in [4.69, 9.17) is 4.74 Å². The van der Waals surface area contributed by atoms with Crippen LogP contribution in [0.4, 0.5) is 9.18 Å². The highest BCUT2D eigenvalue weighted by molar-refractivity contribution is 5.98. The normalized spacial score (nSPS) is 12.4. The van der Waals surface area contributed by atoms with Crippen LogP contribution in [0.1, 0.15) is 44.6 Å². The Balaban J connectivity index is 1.52. The van der Waals surface area contributed by atoms with Crippen LogP contribution in [0.25, 0.3) is 22.0 Å². The largest absolute Gasteiger partial charge is 0.444 e. The number of hydrogen-bond donors (Lipinski definition) is 3. The van der Waals surface area contributed by atoms with Crippen molar-refractivity contribution in [1.82, 2.24) is 15.6 Å². The second kappa shape index (κ2) is 9.85. The maximum atomic E-state index is 13.2. The Morgan fingerprint density at radius 3 is 2.41 bits per heavy atom. The number of carbonyl (C=O) groups is 2. The highest BCUT2D eigenvalue weighted by Crippen LogP contribution is 2.25. The van der Waals surface area contributed by atoms with Gasteiger partial charge in [0.25, 0.3) is 5.91 Å².